The van der Waals surface area contributed by atoms with Crippen molar-refractivity contribution in [1.29, 1.82) is 0 Å². The molecule has 0 atom stereocenters. The van der Waals surface area contributed by atoms with Crippen LogP contribution < -0.4 is 0 Å². The monoisotopic (exact) mass is 482 g/mol. The zero-order chi connectivity index (χ0) is 21.7. The maximum atomic E-state index is 4.35. The summed E-state index contributed by atoms with van der Waals surface area (Å²) in [6.07, 6.45) is 0. The predicted molar refractivity (Wildman–Crippen MR) is 148 cm³/mol. The maximum Gasteiger partial charge on any atom is 0.0457 e. The molecule has 0 saturated carbocycles. The highest BCUT2D eigenvalue weighted by Crippen LogP contribution is 2.37. The Morgan fingerprint density at radius 3 is 1.28 bits per heavy atom. The van der Waals surface area contributed by atoms with E-state index in [4.69, 9.17) is 0 Å². The van der Waals surface area contributed by atoms with Crippen LogP contribution in [0.15, 0.2) is 96.7 Å². The van der Waals surface area contributed by atoms with Crippen LogP contribution in [0.5, 0.6) is 0 Å². The van der Waals surface area contributed by atoms with Crippen LogP contribution in [0.4, 0.5) is 0 Å². The summed E-state index contributed by atoms with van der Waals surface area (Å²) >= 11 is 7.21. The van der Waals surface area contributed by atoms with Gasteiger partial charge in [0.2, 0.25) is 0 Å². The molecule has 0 unspecified atom stereocenters. The van der Waals surface area contributed by atoms with Crippen molar-refractivity contribution in [3.8, 4) is 11.1 Å². The van der Waals surface area contributed by atoms with E-state index in [1.165, 1.54) is 50.8 Å². The van der Waals surface area contributed by atoms with Crippen LogP contribution >= 0.6 is 45.3 Å². The van der Waals surface area contributed by atoms with Gasteiger partial charge in [-0.2, -0.15) is 0 Å². The number of hydrogen-bond donors (Lipinski definition) is 0. The molecule has 32 heavy (non-hydrogen) atoms. The molecule has 0 aliphatic heterocycles. The predicted octanol–water partition coefficient (Wildman–Crippen LogP) is 10.0. The Labute approximate surface area is 203 Å². The van der Waals surface area contributed by atoms with E-state index in [0.717, 1.165) is 11.1 Å². The van der Waals surface area contributed by atoms with Crippen molar-refractivity contribution in [2.24, 2.45) is 0 Å². The lowest BCUT2D eigenvalue weighted by atomic mass is 9.98. The molecule has 2 aromatic carbocycles. The summed E-state index contributed by atoms with van der Waals surface area (Å²) < 4.78 is 5.36. The smallest absolute Gasteiger partial charge is 0.0457 e. The second-order valence-electron chi connectivity index (χ2n) is 7.63. The molecule has 4 heteroatoms. The van der Waals surface area contributed by atoms with Crippen LogP contribution in [0.2, 0.25) is 0 Å². The third-order valence-electron chi connectivity index (χ3n) is 5.67. The molecule has 154 valence electrons. The molecule has 0 radical (unpaired) electrons. The molecule has 0 spiro atoms. The van der Waals surface area contributed by atoms with Crippen LogP contribution in [-0.2, 0) is 0 Å². The number of fused-ring (bicyclic) bond motifs is 2. The van der Waals surface area contributed by atoms with Gasteiger partial charge >= 0.3 is 0 Å². The van der Waals surface area contributed by atoms with Crippen molar-refractivity contribution in [1.82, 2.24) is 0 Å². The average molecular weight is 483 g/mol. The molecule has 0 saturated heterocycles. The molecule has 0 bridgehead atoms. The third-order valence-corrected chi connectivity index (χ3v) is 9.98. The maximum absolute atomic E-state index is 4.35. The molecule has 0 fully saturated rings. The lowest BCUT2D eigenvalue weighted by molar-refractivity contribution is 1.56. The molecular formula is C28H18S4. The van der Waals surface area contributed by atoms with Crippen LogP contribution in [-0.4, -0.2) is 0 Å². The summed E-state index contributed by atoms with van der Waals surface area (Å²) in [5.41, 5.74) is 6.94. The zero-order valence-electron chi connectivity index (χ0n) is 17.1. The van der Waals surface area contributed by atoms with E-state index >= 15 is 0 Å². The van der Waals surface area contributed by atoms with Crippen molar-refractivity contribution in [3.05, 3.63) is 118 Å². The van der Waals surface area contributed by atoms with Gasteiger partial charge < -0.3 is 0 Å². The topological polar surface area (TPSA) is 0 Å². The Balaban J connectivity index is 1.22. The van der Waals surface area contributed by atoms with Gasteiger partial charge in [-0.25, -0.2) is 0 Å². The molecule has 4 aromatic heterocycles. The summed E-state index contributed by atoms with van der Waals surface area (Å²) in [5, 5.41) is 4.29. The molecule has 0 aliphatic rings. The van der Waals surface area contributed by atoms with E-state index in [0.29, 0.717) is 0 Å². The van der Waals surface area contributed by atoms with Crippen LogP contribution in [0.1, 0.15) is 20.9 Å². The standard InChI is InChI=1S/C28H18S4/c1-17(25-15-27-23(31-25)11-13-29-27)19-3-7-21(8-4-19)22-9-5-20(6-10-22)18(2)26-16-28-24(32-26)12-14-30-28/h3-16H,1-2H2. The summed E-state index contributed by atoms with van der Waals surface area (Å²) in [7, 11) is 0. The van der Waals surface area contributed by atoms with Gasteiger partial charge in [-0.15, -0.1) is 45.3 Å². The Morgan fingerprint density at radius 1 is 0.500 bits per heavy atom. The highest BCUT2D eigenvalue weighted by Gasteiger charge is 2.10. The highest BCUT2D eigenvalue weighted by atomic mass is 32.1. The largest absolute Gasteiger partial charge is 0.143 e. The first-order valence-corrected chi connectivity index (χ1v) is 13.6. The molecule has 0 N–H and O–H groups in total. The molecule has 6 aromatic rings. The highest BCUT2D eigenvalue weighted by molar-refractivity contribution is 7.28. The van der Waals surface area contributed by atoms with E-state index in [9.17, 15) is 0 Å². The van der Waals surface area contributed by atoms with E-state index in [1.807, 2.05) is 22.7 Å². The Kier molecular flexibility index (Phi) is 4.96. The normalized spacial score (nSPS) is 11.4. The summed E-state index contributed by atoms with van der Waals surface area (Å²) in [4.78, 5) is 2.49. The van der Waals surface area contributed by atoms with E-state index in [2.05, 4.69) is 96.7 Å². The fraction of sp³-hybridized carbons (Fsp3) is 0. The number of hydrogen-bond acceptors (Lipinski definition) is 4. The molecular weight excluding hydrogens is 465 g/mol. The molecule has 0 aliphatic carbocycles. The van der Waals surface area contributed by atoms with Gasteiger partial charge in [0.15, 0.2) is 0 Å². The lowest BCUT2D eigenvalue weighted by Gasteiger charge is -2.08. The fourth-order valence-electron chi connectivity index (χ4n) is 3.84. The van der Waals surface area contributed by atoms with Crippen LogP contribution in [0.25, 0.3) is 41.1 Å². The van der Waals surface area contributed by atoms with Gasteiger partial charge in [0.25, 0.3) is 0 Å². The minimum Gasteiger partial charge on any atom is -0.143 e. The summed E-state index contributed by atoms with van der Waals surface area (Å²) in [6, 6.07) is 26.3. The van der Waals surface area contributed by atoms with Crippen molar-refractivity contribution >= 4 is 75.3 Å². The van der Waals surface area contributed by atoms with Gasteiger partial charge in [-0.05, 0) is 68.4 Å². The quantitative estimate of drug-likeness (QED) is 0.229. The van der Waals surface area contributed by atoms with Gasteiger partial charge in [0, 0.05) is 28.6 Å². The van der Waals surface area contributed by atoms with Gasteiger partial charge in [-0.1, -0.05) is 61.7 Å². The Hall–Kier alpha value is -2.76. The molecule has 0 nitrogen and oxygen atoms in total. The summed E-state index contributed by atoms with van der Waals surface area (Å²) in [5.74, 6) is 0. The zero-order valence-corrected chi connectivity index (χ0v) is 20.4. The number of benzene rings is 2. The van der Waals surface area contributed by atoms with Crippen molar-refractivity contribution < 1.29 is 0 Å². The first-order valence-electron chi connectivity index (χ1n) is 10.2. The SMILES string of the molecule is C=C(c1ccc(-c2ccc(C(=C)c3cc4sccc4s3)cc2)cc1)c1cc2sccc2s1. The molecule has 4 heterocycles. The number of rotatable bonds is 5. The van der Waals surface area contributed by atoms with E-state index in [-0.39, 0.29) is 0 Å². The second kappa shape index (κ2) is 7.98. The van der Waals surface area contributed by atoms with E-state index < -0.39 is 0 Å². The lowest BCUT2D eigenvalue weighted by Crippen LogP contribution is -1.86. The average Bonchev–Trinajstić information content (AvgIpc) is 3.59. The third kappa shape index (κ3) is 3.50. The van der Waals surface area contributed by atoms with Crippen LogP contribution in [0, 0.1) is 0 Å². The number of thiophene rings is 4. The van der Waals surface area contributed by atoms with Gasteiger partial charge in [-0.3, -0.25) is 0 Å². The first kappa shape index (κ1) is 19.9. The van der Waals surface area contributed by atoms with Crippen LogP contribution in [0.3, 0.4) is 0 Å². The summed E-state index contributed by atoms with van der Waals surface area (Å²) in [6.45, 7) is 8.70. The van der Waals surface area contributed by atoms with Gasteiger partial charge in [0.05, 0.1) is 0 Å². The van der Waals surface area contributed by atoms with Crippen molar-refractivity contribution in [3.63, 3.8) is 0 Å². The van der Waals surface area contributed by atoms with Crippen molar-refractivity contribution in [2.75, 3.05) is 0 Å². The minimum absolute atomic E-state index is 1.09. The van der Waals surface area contributed by atoms with Crippen molar-refractivity contribution in [2.45, 2.75) is 0 Å². The minimum atomic E-state index is 1.09. The van der Waals surface area contributed by atoms with Gasteiger partial charge in [0.1, 0.15) is 0 Å². The second-order valence-corrected chi connectivity index (χ2v) is 11.7. The Morgan fingerprint density at radius 2 is 0.906 bits per heavy atom. The van der Waals surface area contributed by atoms with E-state index in [1.54, 1.807) is 22.7 Å². The molecule has 6 rings (SSSR count). The fourth-order valence-corrected chi connectivity index (χ4v) is 8.04. The molecule has 0 amide bonds. The Bertz CT molecular complexity index is 1400. The first-order chi connectivity index (χ1) is 15.7.